The van der Waals surface area contributed by atoms with Gasteiger partial charge in [0.15, 0.2) is 5.82 Å². The van der Waals surface area contributed by atoms with E-state index in [-0.39, 0.29) is 23.7 Å². The minimum atomic E-state index is -1.26. The van der Waals surface area contributed by atoms with E-state index in [1.165, 1.54) is 24.7 Å². The highest BCUT2D eigenvalue weighted by molar-refractivity contribution is 6.06. The summed E-state index contributed by atoms with van der Waals surface area (Å²) in [7, 11) is 1.52. The number of aliphatic hydroxyl groups excluding tert-OH is 2. The number of anilines is 1. The average molecular weight is 538 g/mol. The monoisotopic (exact) mass is 537 g/mol. The highest BCUT2D eigenvalue weighted by Crippen LogP contribution is 2.62. The summed E-state index contributed by atoms with van der Waals surface area (Å²) in [5.41, 5.74) is 1.61. The highest BCUT2D eigenvalue weighted by Gasteiger charge is 2.75. The van der Waals surface area contributed by atoms with Crippen molar-refractivity contribution in [2.24, 2.45) is 16.3 Å². The van der Waals surface area contributed by atoms with E-state index in [9.17, 15) is 19.4 Å². The number of nitrogens with zero attached hydrogens (tertiary/aromatic N) is 4. The molecule has 0 saturated heterocycles. The van der Waals surface area contributed by atoms with Crippen LogP contribution in [0.15, 0.2) is 59.6 Å². The van der Waals surface area contributed by atoms with Crippen molar-refractivity contribution in [1.82, 2.24) is 15.3 Å². The number of amides is 1. The number of aromatic nitrogens is 2. The fraction of sp³-hybridized carbons (Fsp3) is 0.300. The molecule has 4 aliphatic rings. The highest BCUT2D eigenvalue weighted by atomic mass is 19.1. The van der Waals surface area contributed by atoms with Gasteiger partial charge >= 0.3 is 5.82 Å². The van der Waals surface area contributed by atoms with Crippen LogP contribution in [0.1, 0.15) is 35.7 Å². The first kappa shape index (κ1) is 24.6. The van der Waals surface area contributed by atoms with E-state index in [0.29, 0.717) is 40.9 Å². The summed E-state index contributed by atoms with van der Waals surface area (Å²) in [6.45, 7) is 0. The van der Waals surface area contributed by atoms with Crippen LogP contribution in [0, 0.1) is 29.0 Å². The van der Waals surface area contributed by atoms with Gasteiger partial charge in [0, 0.05) is 30.5 Å². The molecule has 3 aliphatic carbocycles. The molecular weight excluding hydrogens is 511 g/mol. The van der Waals surface area contributed by atoms with E-state index in [2.05, 4.69) is 49.6 Å². The van der Waals surface area contributed by atoms with Crippen molar-refractivity contribution >= 4 is 35.3 Å². The summed E-state index contributed by atoms with van der Waals surface area (Å²) in [6, 6.07) is 16.3. The van der Waals surface area contributed by atoms with Crippen molar-refractivity contribution in [3.8, 4) is 11.8 Å². The molecule has 2 heterocycles. The van der Waals surface area contributed by atoms with Crippen LogP contribution >= 0.6 is 0 Å². The molecule has 0 bridgehead atoms. The zero-order valence-corrected chi connectivity index (χ0v) is 21.5. The Morgan fingerprint density at radius 1 is 1.12 bits per heavy atom. The van der Waals surface area contributed by atoms with E-state index in [1.807, 2.05) is 18.2 Å². The number of carbonyl (C=O) groups excluding carboxylic acids is 1. The fourth-order valence-electron chi connectivity index (χ4n) is 6.09. The summed E-state index contributed by atoms with van der Waals surface area (Å²) in [5, 5.41) is 27.9. The molecule has 40 heavy (non-hydrogen) atoms. The van der Waals surface area contributed by atoms with Crippen LogP contribution < -0.4 is 10.6 Å². The number of aliphatic imine (C=N–C) groups is 1. The van der Waals surface area contributed by atoms with E-state index < -0.39 is 23.4 Å². The third kappa shape index (κ3) is 3.81. The molecule has 6 atom stereocenters. The molecule has 7 rings (SSSR count). The van der Waals surface area contributed by atoms with Crippen molar-refractivity contribution in [2.75, 3.05) is 12.4 Å². The number of nitrogens with one attached hydrogen (secondary N) is 2. The van der Waals surface area contributed by atoms with Gasteiger partial charge in [-0.3, -0.25) is 4.79 Å². The van der Waals surface area contributed by atoms with E-state index >= 15 is 0 Å². The number of aliphatic hydroxyl groups is 2. The zero-order chi connectivity index (χ0) is 27.6. The molecule has 0 radical (unpaired) electrons. The number of rotatable bonds is 4. The number of carbonyl (C=O) groups is 1. The van der Waals surface area contributed by atoms with Crippen LogP contribution in [-0.2, 0) is 4.79 Å². The molecule has 3 aromatic rings. The number of hydrogen-bond donors (Lipinski definition) is 4. The lowest BCUT2D eigenvalue weighted by molar-refractivity contribution is -0.302. The summed E-state index contributed by atoms with van der Waals surface area (Å²) in [5.74, 6) is 6.23. The second-order valence-corrected chi connectivity index (χ2v) is 10.6. The Bertz CT molecular complexity index is 1680. The topological polar surface area (TPSA) is 123 Å². The third-order valence-corrected chi connectivity index (χ3v) is 8.30. The van der Waals surface area contributed by atoms with E-state index in [1.54, 1.807) is 23.0 Å². The molecule has 2 aromatic carbocycles. The minimum Gasteiger partial charge on any atom is -0.389 e. The lowest BCUT2D eigenvalue weighted by Crippen LogP contribution is -2.42. The maximum absolute atomic E-state index is 13.7. The van der Waals surface area contributed by atoms with E-state index in [4.69, 9.17) is 0 Å². The summed E-state index contributed by atoms with van der Waals surface area (Å²) in [4.78, 5) is 26.5. The Labute approximate surface area is 229 Å². The summed E-state index contributed by atoms with van der Waals surface area (Å²) >= 11 is 0. The van der Waals surface area contributed by atoms with Gasteiger partial charge in [-0.25, -0.2) is 8.97 Å². The number of fused-ring (bicyclic) bond motifs is 2. The van der Waals surface area contributed by atoms with Gasteiger partial charge in [-0.2, -0.15) is 4.98 Å². The van der Waals surface area contributed by atoms with Crippen molar-refractivity contribution in [1.29, 1.82) is 0 Å². The van der Waals surface area contributed by atoms with Gasteiger partial charge in [0.25, 0.3) is 11.5 Å². The first-order valence-corrected chi connectivity index (χ1v) is 13.2. The van der Waals surface area contributed by atoms with Gasteiger partial charge in [0.2, 0.25) is 12.2 Å². The molecule has 3 fully saturated rings. The Hall–Kier alpha value is -4.46. The molecule has 0 spiro atoms. The quantitative estimate of drug-likeness (QED) is 0.299. The molecule has 10 heteroatoms. The standard InChI is InChI=1S/C30H25FN6O3/c1-32-29(40)30-14-20(30)24(25(38)26(30)39)37-15-33-23-27(34-21-13-19(21)17-7-3-2-4-8-17)35-22(36-28(23)37)11-10-16-6-5-9-18(31)12-16/h2-9,12,15,19-21,25-26,38-39H,13-14H2,1H3,(H-,32,34,35,36,40)/p+1/t19?,20?,21-,25+,26+,30?/m1/s1. The summed E-state index contributed by atoms with van der Waals surface area (Å²) < 4.78 is 15.3. The Morgan fingerprint density at radius 3 is 2.73 bits per heavy atom. The number of benzene rings is 2. The minimum absolute atomic E-state index is 0.144. The maximum atomic E-state index is 13.7. The maximum Gasteiger partial charge on any atom is 0.317 e. The Balaban J connectivity index is 1.29. The Morgan fingerprint density at radius 2 is 1.95 bits per heavy atom. The average Bonchev–Trinajstić information content (AvgIpc) is 3.85. The van der Waals surface area contributed by atoms with Crippen molar-refractivity contribution < 1.29 is 24.0 Å². The second-order valence-electron chi connectivity index (χ2n) is 10.6. The van der Waals surface area contributed by atoms with Gasteiger partial charge < -0.3 is 20.8 Å². The van der Waals surface area contributed by atoms with Crippen LogP contribution in [0.5, 0.6) is 0 Å². The SMILES string of the molecule is CNC(=O)C12CC1C(=[N+]1C=Nc3c(N[C@@H]4CC4c4ccccc4)nc(C#Cc4cccc(F)c4)nc31)[C@H](O)[C@@H]2O. The molecule has 1 amide bonds. The van der Waals surface area contributed by atoms with Gasteiger partial charge in [-0.1, -0.05) is 52.3 Å². The molecule has 1 aromatic heterocycles. The smallest absolute Gasteiger partial charge is 0.317 e. The molecule has 3 unspecified atom stereocenters. The lowest BCUT2D eigenvalue weighted by Gasteiger charge is -2.19. The van der Waals surface area contributed by atoms with Crippen LogP contribution in [0.2, 0.25) is 0 Å². The van der Waals surface area contributed by atoms with Crippen molar-refractivity contribution in [2.45, 2.75) is 37.0 Å². The zero-order valence-electron chi connectivity index (χ0n) is 21.5. The molecular formula is C30H26FN6O3+. The fourth-order valence-corrected chi connectivity index (χ4v) is 6.09. The van der Waals surface area contributed by atoms with Crippen LogP contribution in [0.4, 0.5) is 21.7 Å². The first-order chi connectivity index (χ1) is 19.4. The van der Waals surface area contributed by atoms with Crippen LogP contribution in [-0.4, -0.2) is 68.0 Å². The third-order valence-electron chi connectivity index (χ3n) is 8.30. The van der Waals surface area contributed by atoms with Gasteiger partial charge in [0.1, 0.15) is 18.0 Å². The predicted molar refractivity (Wildman–Crippen MR) is 145 cm³/mol. The molecule has 200 valence electrons. The number of hydrogen-bond acceptors (Lipinski definition) is 7. The molecule has 9 nitrogen and oxygen atoms in total. The van der Waals surface area contributed by atoms with Gasteiger partial charge in [-0.05, 0) is 42.5 Å². The van der Waals surface area contributed by atoms with Crippen LogP contribution in [0.25, 0.3) is 0 Å². The molecule has 3 saturated carbocycles. The largest absolute Gasteiger partial charge is 0.389 e. The normalized spacial score (nSPS) is 30.6. The van der Waals surface area contributed by atoms with Crippen LogP contribution in [0.3, 0.4) is 0 Å². The summed E-state index contributed by atoms with van der Waals surface area (Å²) in [6.07, 6.45) is 0.393. The Kier molecular flexibility index (Phi) is 5.56. The van der Waals surface area contributed by atoms with Crippen molar-refractivity contribution in [3.05, 3.63) is 77.4 Å². The van der Waals surface area contributed by atoms with Crippen molar-refractivity contribution in [3.63, 3.8) is 0 Å². The van der Waals surface area contributed by atoms with Gasteiger partial charge in [0.05, 0.1) is 11.1 Å². The second kappa shape index (κ2) is 9.05. The first-order valence-electron chi connectivity index (χ1n) is 13.2. The predicted octanol–water partition coefficient (Wildman–Crippen LogP) is 2.23. The molecule has 4 N–H and O–H groups in total. The number of halogens is 1. The lowest BCUT2D eigenvalue weighted by atomic mass is 9.98. The van der Waals surface area contributed by atoms with E-state index in [0.717, 1.165) is 6.42 Å². The van der Waals surface area contributed by atoms with Gasteiger partial charge in [-0.15, -0.1) is 0 Å². The molecule has 1 aliphatic heterocycles.